The lowest BCUT2D eigenvalue weighted by Crippen LogP contribution is -2.60. The van der Waals surface area contributed by atoms with Crippen LogP contribution in [0.1, 0.15) is 80.2 Å². The molecular formula is C40H61N3O12. The van der Waals surface area contributed by atoms with E-state index in [4.69, 9.17) is 32.9 Å². The van der Waals surface area contributed by atoms with Crippen molar-refractivity contribution in [2.24, 2.45) is 23.7 Å². The van der Waals surface area contributed by atoms with Crippen LogP contribution in [0.2, 0.25) is 0 Å². The highest BCUT2D eigenvalue weighted by Gasteiger charge is 2.53. The van der Waals surface area contributed by atoms with Crippen LogP contribution < -0.4 is 5.48 Å². The first-order valence-electron chi connectivity index (χ1n) is 19.5. The summed E-state index contributed by atoms with van der Waals surface area (Å²) in [5, 5.41) is 23.7. The van der Waals surface area contributed by atoms with Gasteiger partial charge in [-0.05, 0) is 78.7 Å². The normalized spacial score (nSPS) is 40.1. The number of oxazole rings is 1. The zero-order chi connectivity index (χ0) is 40.4. The number of aliphatic hydroxyl groups excluding tert-OH is 1. The van der Waals surface area contributed by atoms with Crippen molar-refractivity contribution >= 4 is 28.6 Å². The topological polar surface area (TPSA) is 188 Å². The number of fused-ring (bicyclic) bond motifs is 6. The highest BCUT2D eigenvalue weighted by atomic mass is 16.7. The number of esters is 1. The highest BCUT2D eigenvalue weighted by molar-refractivity contribution is 6.00. The molecule has 3 saturated heterocycles. The van der Waals surface area contributed by atoms with Gasteiger partial charge in [0.1, 0.15) is 35.0 Å². The molecule has 2 bridgehead atoms. The second-order valence-electron chi connectivity index (χ2n) is 16.5. The van der Waals surface area contributed by atoms with Gasteiger partial charge in [-0.25, -0.2) is 4.98 Å². The molecule has 1 unspecified atom stereocenters. The van der Waals surface area contributed by atoms with Crippen LogP contribution in [0, 0.1) is 23.7 Å². The number of rotatable bonds is 8. The monoisotopic (exact) mass is 775 g/mol. The quantitative estimate of drug-likeness (QED) is 0.201. The maximum atomic E-state index is 14.4. The molecule has 55 heavy (non-hydrogen) atoms. The number of carbonyl (C=O) groups is 3. The Hall–Kier alpha value is -2.86. The van der Waals surface area contributed by atoms with Gasteiger partial charge in [-0.2, -0.15) is 5.48 Å². The molecule has 0 spiro atoms. The van der Waals surface area contributed by atoms with E-state index < -0.39 is 83.4 Å². The molecule has 308 valence electrons. The van der Waals surface area contributed by atoms with Gasteiger partial charge in [0.15, 0.2) is 24.0 Å². The van der Waals surface area contributed by atoms with Crippen molar-refractivity contribution in [3.63, 3.8) is 0 Å². The van der Waals surface area contributed by atoms with E-state index in [1.54, 1.807) is 40.7 Å². The molecular weight excluding hydrogens is 714 g/mol. The number of Topliss-reactive ketones (excluding diaryl/α,β-unsaturated/α-hetero) is 2. The Morgan fingerprint density at radius 3 is 2.45 bits per heavy atom. The second kappa shape index (κ2) is 17.7. The minimum atomic E-state index is -1.84. The van der Waals surface area contributed by atoms with Crippen LogP contribution in [-0.4, -0.2) is 125 Å². The molecule has 3 fully saturated rings. The van der Waals surface area contributed by atoms with Crippen molar-refractivity contribution in [3.05, 3.63) is 30.2 Å². The number of ketones is 2. The molecule has 1 aromatic carbocycles. The molecule has 2 aromatic rings. The minimum Gasteiger partial charge on any atom is -0.459 e. The molecule has 3 aliphatic rings. The van der Waals surface area contributed by atoms with E-state index in [1.165, 1.54) is 20.2 Å². The van der Waals surface area contributed by atoms with Gasteiger partial charge in [0.2, 0.25) is 0 Å². The van der Waals surface area contributed by atoms with Crippen molar-refractivity contribution < 1.29 is 57.5 Å². The third kappa shape index (κ3) is 9.48. The van der Waals surface area contributed by atoms with Gasteiger partial charge in [-0.3, -0.25) is 19.2 Å². The molecule has 0 radical (unpaired) electrons. The summed E-state index contributed by atoms with van der Waals surface area (Å²) in [6, 6.07) is 4.54. The van der Waals surface area contributed by atoms with Crippen molar-refractivity contribution in [1.29, 1.82) is 0 Å². The Bertz CT molecular complexity index is 1630. The summed E-state index contributed by atoms with van der Waals surface area (Å²) >= 11 is 0. The second-order valence-corrected chi connectivity index (χ2v) is 16.5. The predicted octanol–water partition coefficient (Wildman–Crippen LogP) is 3.36. The number of aromatic nitrogens is 1. The molecule has 0 saturated carbocycles. The average molecular weight is 776 g/mol. The zero-order valence-electron chi connectivity index (χ0n) is 33.9. The first-order chi connectivity index (χ1) is 25.9. The first-order valence-corrected chi connectivity index (χ1v) is 19.5. The Morgan fingerprint density at radius 2 is 1.76 bits per heavy atom. The number of hydroxylamine groups is 1. The molecule has 3 aliphatic heterocycles. The molecule has 1 aromatic heterocycles. The van der Waals surface area contributed by atoms with Gasteiger partial charge in [0.05, 0.1) is 49.8 Å². The Balaban J connectivity index is 1.57. The number of aliphatic hydroxyl groups is 2. The van der Waals surface area contributed by atoms with Crippen LogP contribution in [0.4, 0.5) is 0 Å². The van der Waals surface area contributed by atoms with Gasteiger partial charge in [-0.1, -0.05) is 33.8 Å². The van der Waals surface area contributed by atoms with Crippen LogP contribution in [-0.2, 0) is 49.5 Å². The Kier molecular flexibility index (Phi) is 14.0. The van der Waals surface area contributed by atoms with Gasteiger partial charge >= 0.3 is 5.97 Å². The van der Waals surface area contributed by atoms with Crippen molar-refractivity contribution in [3.8, 4) is 0 Å². The largest absolute Gasteiger partial charge is 0.459 e. The lowest BCUT2D eigenvalue weighted by atomic mass is 9.74. The molecule has 14 atom stereocenters. The summed E-state index contributed by atoms with van der Waals surface area (Å²) in [4.78, 5) is 54.6. The Morgan fingerprint density at radius 1 is 1.04 bits per heavy atom. The maximum absolute atomic E-state index is 14.4. The lowest BCUT2D eigenvalue weighted by molar-refractivity contribution is -0.298. The van der Waals surface area contributed by atoms with Crippen LogP contribution in [0.25, 0.3) is 11.1 Å². The number of nitrogens with one attached hydrogen (secondary N) is 1. The van der Waals surface area contributed by atoms with E-state index in [-0.39, 0.29) is 50.6 Å². The zero-order valence-corrected chi connectivity index (χ0v) is 33.9. The summed E-state index contributed by atoms with van der Waals surface area (Å²) in [6.45, 7) is 13.5. The summed E-state index contributed by atoms with van der Waals surface area (Å²) in [5.74, 6) is -5.32. The lowest BCUT2D eigenvalue weighted by Gasteiger charge is -2.47. The van der Waals surface area contributed by atoms with E-state index in [2.05, 4.69) is 10.5 Å². The van der Waals surface area contributed by atoms with Gasteiger partial charge in [0, 0.05) is 23.8 Å². The summed E-state index contributed by atoms with van der Waals surface area (Å²) in [6.07, 6.45) is -3.70. The van der Waals surface area contributed by atoms with Crippen LogP contribution in [0.15, 0.2) is 29.0 Å². The average Bonchev–Trinajstić information content (AvgIpc) is 3.61. The molecule has 15 nitrogen and oxygen atoms in total. The number of cyclic esters (lactones) is 1. The minimum absolute atomic E-state index is 0.0449. The molecule has 15 heteroatoms. The number of hydrogen-bond acceptors (Lipinski definition) is 15. The Labute approximate surface area is 323 Å². The van der Waals surface area contributed by atoms with Crippen LogP contribution in [0.3, 0.4) is 0 Å². The number of carbonyl (C=O) groups excluding carboxylic acids is 3. The highest BCUT2D eigenvalue weighted by Crippen LogP contribution is 2.40. The van der Waals surface area contributed by atoms with E-state index in [9.17, 15) is 24.6 Å². The number of hydrogen-bond donors (Lipinski definition) is 3. The summed E-state index contributed by atoms with van der Waals surface area (Å²) in [7, 11) is 3.73. The smallest absolute Gasteiger partial charge is 0.316 e. The van der Waals surface area contributed by atoms with E-state index in [0.717, 1.165) is 5.56 Å². The first kappa shape index (κ1) is 43.3. The van der Waals surface area contributed by atoms with Crippen LogP contribution in [0.5, 0.6) is 0 Å². The fraction of sp³-hybridized carbons (Fsp3) is 0.750. The molecule has 3 N–H and O–H groups in total. The van der Waals surface area contributed by atoms with E-state index >= 15 is 0 Å². The third-order valence-corrected chi connectivity index (χ3v) is 11.8. The SMILES string of the molecule is CC[C@H]1OC(=O)[C@H](C)C(=O)[C@H](C)[C@@H](O[C@H]2O[C@H](C)C[C@H](N(C)C)[C@H]2O)[C@@]2(C)C[C@@H](C)C(=O)[C@H](C)[C@@H](OCC(NOCc3ccc4ocnc4c3)CO2)[C@]1(C)O. The van der Waals surface area contributed by atoms with Gasteiger partial charge in [-0.15, -0.1) is 0 Å². The standard InChI is InChI=1S/C40H61N3O12/c1-11-31-40(8,48)36-23(4)32(44)21(2)16-39(7,51-19-27(18-49-36)42-52-17-26-12-13-30-28(15-26)41-20-50-30)35(24(5)33(45)25(6)37(47)54-31)55-38-34(46)29(43(9)10)14-22(3)53-38/h12-13,15,20-25,27,29,31,34-36,38,42,46,48H,11,14,16-19H2,1-10H3/t21-,22-,23+,24+,25-,27?,29+,31-,34-,35-,36-,38-,39-,40-/m1/s1. The molecule has 0 aliphatic carbocycles. The molecule has 0 amide bonds. The fourth-order valence-electron chi connectivity index (χ4n) is 8.54. The number of ether oxygens (including phenoxy) is 5. The molecule has 4 heterocycles. The van der Waals surface area contributed by atoms with Crippen LogP contribution >= 0.6 is 0 Å². The molecule has 5 rings (SSSR count). The van der Waals surface area contributed by atoms with Crippen molar-refractivity contribution in [2.45, 2.75) is 141 Å². The maximum Gasteiger partial charge on any atom is 0.316 e. The van der Waals surface area contributed by atoms with E-state index in [0.29, 0.717) is 17.5 Å². The number of nitrogens with zero attached hydrogens (tertiary/aromatic N) is 2. The summed E-state index contributed by atoms with van der Waals surface area (Å²) in [5.41, 5.74) is 2.00. The van der Waals surface area contributed by atoms with Crippen molar-refractivity contribution in [1.82, 2.24) is 15.4 Å². The van der Waals surface area contributed by atoms with Gasteiger partial charge < -0.3 is 43.2 Å². The van der Waals surface area contributed by atoms with Gasteiger partial charge in [0.25, 0.3) is 0 Å². The summed E-state index contributed by atoms with van der Waals surface area (Å²) < 4.78 is 37.4. The number of benzene rings is 1. The fourth-order valence-corrected chi connectivity index (χ4v) is 8.54. The van der Waals surface area contributed by atoms with E-state index in [1.807, 2.05) is 38.1 Å². The van der Waals surface area contributed by atoms with Crippen molar-refractivity contribution in [2.75, 3.05) is 27.3 Å². The third-order valence-electron chi connectivity index (χ3n) is 11.8. The predicted molar refractivity (Wildman–Crippen MR) is 199 cm³/mol. The number of likely N-dealkylation sites (N-methyl/N-ethyl adjacent to an activating group) is 1.